The largest absolute Gasteiger partial charge is 0.493 e. The number of methoxy groups -OCH3 is 1. The van der Waals surface area contributed by atoms with Crippen molar-refractivity contribution in [2.24, 2.45) is 5.92 Å². The molecular formula is C29H40N6O2. The Morgan fingerprint density at radius 2 is 1.89 bits per heavy atom. The first kappa shape index (κ1) is 25.5. The maximum absolute atomic E-state index is 13.2. The number of fused-ring (bicyclic) bond motifs is 2. The van der Waals surface area contributed by atoms with Gasteiger partial charge in [-0.2, -0.15) is 5.10 Å². The second kappa shape index (κ2) is 10.7. The summed E-state index contributed by atoms with van der Waals surface area (Å²) in [5.74, 6) is 1.70. The summed E-state index contributed by atoms with van der Waals surface area (Å²) in [5, 5.41) is 8.12. The van der Waals surface area contributed by atoms with Crippen molar-refractivity contribution in [3.05, 3.63) is 46.8 Å². The third kappa shape index (κ3) is 4.91. The Morgan fingerprint density at radius 1 is 1.14 bits per heavy atom. The fourth-order valence-corrected chi connectivity index (χ4v) is 5.92. The number of nitrogens with one attached hydrogen (secondary N) is 2. The molecule has 0 bridgehead atoms. The lowest BCUT2D eigenvalue weighted by atomic mass is 9.89. The van der Waals surface area contributed by atoms with Crippen molar-refractivity contribution in [2.45, 2.75) is 84.2 Å². The van der Waals surface area contributed by atoms with Gasteiger partial charge in [0, 0.05) is 23.8 Å². The van der Waals surface area contributed by atoms with Crippen LogP contribution in [0.4, 0.5) is 0 Å². The van der Waals surface area contributed by atoms with Gasteiger partial charge in [-0.15, -0.1) is 0 Å². The molecule has 0 saturated heterocycles. The summed E-state index contributed by atoms with van der Waals surface area (Å²) in [6.45, 7) is 10.0. The zero-order valence-corrected chi connectivity index (χ0v) is 22.8. The van der Waals surface area contributed by atoms with Crippen LogP contribution < -0.4 is 15.7 Å². The predicted octanol–water partition coefficient (Wildman–Crippen LogP) is 5.68. The number of hydrogen-bond donors (Lipinski definition) is 2. The van der Waals surface area contributed by atoms with Gasteiger partial charge in [0.2, 0.25) is 0 Å². The summed E-state index contributed by atoms with van der Waals surface area (Å²) in [7, 11) is 1.65. The van der Waals surface area contributed by atoms with Gasteiger partial charge in [-0.3, -0.25) is 4.57 Å². The zero-order chi connectivity index (χ0) is 26.1. The van der Waals surface area contributed by atoms with Crippen molar-refractivity contribution >= 4 is 16.7 Å². The Morgan fingerprint density at radius 3 is 2.57 bits per heavy atom. The van der Waals surface area contributed by atoms with E-state index in [2.05, 4.69) is 60.2 Å². The number of ether oxygens (including phenoxy) is 1. The van der Waals surface area contributed by atoms with Gasteiger partial charge in [0.1, 0.15) is 6.33 Å². The first-order chi connectivity index (χ1) is 17.9. The standard InChI is InChI=1S/C29H40N6O2/c1-6-19(7-2)15-30-21-8-10-22(11-9-21)35-26-14-23(18(3)4)24(13-25(26)33-29(35)36)20-12-27(37-5)28-31-17-32-34(28)16-20/h12-14,16-19,21-22,30H,6-11,15H2,1-5H3,(H,33,36). The summed E-state index contributed by atoms with van der Waals surface area (Å²) < 4.78 is 9.36. The van der Waals surface area contributed by atoms with Crippen LogP contribution in [0.25, 0.3) is 27.8 Å². The number of aromatic nitrogens is 5. The summed E-state index contributed by atoms with van der Waals surface area (Å²) in [6, 6.07) is 7.11. The van der Waals surface area contributed by atoms with E-state index in [-0.39, 0.29) is 17.6 Å². The average molecular weight is 505 g/mol. The molecule has 2 N–H and O–H groups in total. The third-order valence-corrected chi connectivity index (χ3v) is 8.29. The summed E-state index contributed by atoms with van der Waals surface area (Å²) in [5.41, 5.74) is 5.79. The molecule has 1 aromatic carbocycles. The maximum atomic E-state index is 13.2. The first-order valence-corrected chi connectivity index (χ1v) is 13.8. The molecule has 0 unspecified atom stereocenters. The molecule has 3 heterocycles. The second-order valence-electron chi connectivity index (χ2n) is 10.8. The van der Waals surface area contributed by atoms with Crippen molar-refractivity contribution in [3.8, 4) is 16.9 Å². The number of hydrogen-bond acceptors (Lipinski definition) is 5. The van der Waals surface area contributed by atoms with Gasteiger partial charge >= 0.3 is 5.69 Å². The minimum Gasteiger partial charge on any atom is -0.493 e. The van der Waals surface area contributed by atoms with Crippen LogP contribution in [0.15, 0.2) is 35.5 Å². The highest BCUT2D eigenvalue weighted by molar-refractivity contribution is 5.85. The van der Waals surface area contributed by atoms with Crippen LogP contribution in [0.5, 0.6) is 5.75 Å². The quantitative estimate of drug-likeness (QED) is 0.306. The highest BCUT2D eigenvalue weighted by atomic mass is 16.5. The van der Waals surface area contributed by atoms with Gasteiger partial charge in [-0.25, -0.2) is 14.3 Å². The van der Waals surface area contributed by atoms with E-state index >= 15 is 0 Å². The Labute approximate surface area is 218 Å². The lowest BCUT2D eigenvalue weighted by molar-refractivity contribution is 0.278. The second-order valence-corrected chi connectivity index (χ2v) is 10.8. The highest BCUT2D eigenvalue weighted by Gasteiger charge is 2.26. The topological polar surface area (TPSA) is 89.2 Å². The molecule has 37 heavy (non-hydrogen) atoms. The van der Waals surface area contributed by atoms with Crippen LogP contribution in [0.2, 0.25) is 0 Å². The molecular weight excluding hydrogens is 464 g/mol. The van der Waals surface area contributed by atoms with Crippen LogP contribution in [0.1, 0.15) is 83.7 Å². The van der Waals surface area contributed by atoms with Gasteiger partial charge in [0.15, 0.2) is 11.4 Å². The summed E-state index contributed by atoms with van der Waals surface area (Å²) in [6.07, 6.45) is 10.2. The van der Waals surface area contributed by atoms with E-state index in [1.54, 1.807) is 11.6 Å². The fourth-order valence-electron chi connectivity index (χ4n) is 5.92. The van der Waals surface area contributed by atoms with Gasteiger partial charge in [0.05, 0.1) is 18.1 Å². The van der Waals surface area contributed by atoms with Crippen molar-refractivity contribution in [3.63, 3.8) is 0 Å². The van der Waals surface area contributed by atoms with Crippen LogP contribution >= 0.6 is 0 Å². The molecule has 8 nitrogen and oxygen atoms in total. The van der Waals surface area contributed by atoms with Crippen molar-refractivity contribution in [1.29, 1.82) is 0 Å². The van der Waals surface area contributed by atoms with Crippen LogP contribution in [0.3, 0.4) is 0 Å². The predicted molar refractivity (Wildman–Crippen MR) is 149 cm³/mol. The normalized spacial score (nSPS) is 18.5. The van der Waals surface area contributed by atoms with E-state index in [0.29, 0.717) is 17.4 Å². The minimum atomic E-state index is -0.0143. The molecule has 8 heteroatoms. The van der Waals surface area contributed by atoms with Crippen molar-refractivity contribution in [2.75, 3.05) is 13.7 Å². The van der Waals surface area contributed by atoms with Gasteiger partial charge < -0.3 is 15.0 Å². The van der Waals surface area contributed by atoms with E-state index in [1.165, 1.54) is 24.7 Å². The maximum Gasteiger partial charge on any atom is 0.326 e. The van der Waals surface area contributed by atoms with Crippen molar-refractivity contribution in [1.82, 2.24) is 29.5 Å². The molecule has 1 aliphatic carbocycles. The number of H-pyrrole nitrogens is 1. The Hall–Kier alpha value is -3.13. The van der Waals surface area contributed by atoms with Crippen LogP contribution in [-0.2, 0) is 0 Å². The minimum absolute atomic E-state index is 0.0143. The third-order valence-electron chi connectivity index (χ3n) is 8.29. The van der Waals surface area contributed by atoms with E-state index in [1.807, 2.05) is 16.8 Å². The number of rotatable bonds is 9. The van der Waals surface area contributed by atoms with Gasteiger partial charge in [0.25, 0.3) is 0 Å². The highest BCUT2D eigenvalue weighted by Crippen LogP contribution is 2.37. The molecule has 0 amide bonds. The molecule has 0 atom stereocenters. The monoisotopic (exact) mass is 504 g/mol. The Balaban J connectivity index is 1.46. The summed E-state index contributed by atoms with van der Waals surface area (Å²) in [4.78, 5) is 20.7. The van der Waals surface area contributed by atoms with Gasteiger partial charge in [-0.05, 0) is 73.4 Å². The molecule has 1 fully saturated rings. The van der Waals surface area contributed by atoms with Crippen LogP contribution in [0, 0.1) is 5.92 Å². The van der Waals surface area contributed by atoms with E-state index in [9.17, 15) is 4.79 Å². The molecule has 198 valence electrons. The van der Waals surface area contributed by atoms with E-state index in [4.69, 9.17) is 4.74 Å². The number of imidazole rings is 1. The lowest BCUT2D eigenvalue weighted by Crippen LogP contribution is -2.37. The Bertz CT molecular complexity index is 1420. The molecule has 0 spiro atoms. The first-order valence-electron chi connectivity index (χ1n) is 13.8. The average Bonchev–Trinajstić information content (AvgIpc) is 3.51. The van der Waals surface area contributed by atoms with E-state index < -0.39 is 0 Å². The van der Waals surface area contributed by atoms with E-state index in [0.717, 1.165) is 60.3 Å². The zero-order valence-electron chi connectivity index (χ0n) is 22.8. The molecule has 1 aliphatic rings. The molecule has 4 aromatic rings. The van der Waals surface area contributed by atoms with Crippen molar-refractivity contribution < 1.29 is 4.74 Å². The smallest absolute Gasteiger partial charge is 0.326 e. The SMILES string of the molecule is CCC(CC)CNC1CCC(n2c(=O)[nH]c3cc(-c4cc(OC)c5ncnn5c4)c(C(C)C)cc32)CC1. The number of benzene rings is 1. The molecule has 0 aliphatic heterocycles. The lowest BCUT2D eigenvalue weighted by Gasteiger charge is -2.31. The van der Waals surface area contributed by atoms with Gasteiger partial charge in [-0.1, -0.05) is 40.5 Å². The molecule has 0 radical (unpaired) electrons. The van der Waals surface area contributed by atoms with Crippen LogP contribution in [-0.4, -0.2) is 43.8 Å². The number of aromatic amines is 1. The number of nitrogens with zero attached hydrogens (tertiary/aromatic N) is 4. The molecule has 1 saturated carbocycles. The molecule has 3 aromatic heterocycles. The Kier molecular flexibility index (Phi) is 7.38. The summed E-state index contributed by atoms with van der Waals surface area (Å²) >= 11 is 0. The fraction of sp³-hybridized carbons (Fsp3) is 0.552. The number of pyridine rings is 1. The molecule has 5 rings (SSSR count).